The lowest BCUT2D eigenvalue weighted by Gasteiger charge is -2.34. The highest BCUT2D eigenvalue weighted by Crippen LogP contribution is 2.33. The Labute approximate surface area is 185 Å². The van der Waals surface area contributed by atoms with E-state index in [0.29, 0.717) is 29.0 Å². The predicted molar refractivity (Wildman–Crippen MR) is 123 cm³/mol. The van der Waals surface area contributed by atoms with E-state index in [1.807, 2.05) is 69.2 Å². The maximum atomic E-state index is 12.3. The Hall–Kier alpha value is -2.12. The summed E-state index contributed by atoms with van der Waals surface area (Å²) in [7, 11) is 0. The minimum atomic E-state index is -0.541. The number of hydrogen-bond acceptors (Lipinski definition) is 6. The number of nitrogens with one attached hydrogen (secondary N) is 1. The lowest BCUT2D eigenvalue weighted by molar-refractivity contribution is -0.131. The van der Waals surface area contributed by atoms with Crippen LogP contribution >= 0.6 is 0 Å². The molecule has 0 radical (unpaired) electrons. The van der Waals surface area contributed by atoms with Gasteiger partial charge >= 0.3 is 0 Å². The normalized spacial score (nSPS) is 13.5. The molecule has 174 valence electrons. The van der Waals surface area contributed by atoms with Crippen molar-refractivity contribution in [3.8, 4) is 11.5 Å². The largest absolute Gasteiger partial charge is 0.487 e. The van der Waals surface area contributed by atoms with E-state index in [0.717, 1.165) is 0 Å². The van der Waals surface area contributed by atoms with Gasteiger partial charge in [-0.3, -0.25) is 4.79 Å². The van der Waals surface area contributed by atoms with Gasteiger partial charge in [-0.25, -0.2) is 4.98 Å². The van der Waals surface area contributed by atoms with E-state index in [2.05, 4.69) is 9.97 Å². The Bertz CT molecular complexity index is 949. The first-order chi connectivity index (χ1) is 14.0. The standard InChI is InChI=1S/C24H38N2O5/c1-21(2,3)30-23(7,8)13-28-18-11-16-17(25-15-26-20(16)27)12-19(18)29-14-24(9,10)31-22(4,5)6/h11-12,15H,13-14H2,1-10H3,(H,25,26,27). The van der Waals surface area contributed by atoms with Crippen LogP contribution in [0.25, 0.3) is 10.9 Å². The van der Waals surface area contributed by atoms with Gasteiger partial charge in [0.05, 0.1) is 39.6 Å². The fraction of sp³-hybridized carbons (Fsp3) is 0.667. The zero-order chi connectivity index (χ0) is 23.7. The predicted octanol–water partition coefficient (Wildman–Crippen LogP) is 4.87. The third-order valence-corrected chi connectivity index (χ3v) is 4.02. The Morgan fingerprint density at radius 3 is 1.68 bits per heavy atom. The van der Waals surface area contributed by atoms with Crippen molar-refractivity contribution in [2.24, 2.45) is 0 Å². The molecule has 0 amide bonds. The minimum Gasteiger partial charge on any atom is -0.487 e. The van der Waals surface area contributed by atoms with Gasteiger partial charge in [0.25, 0.3) is 5.56 Å². The van der Waals surface area contributed by atoms with E-state index < -0.39 is 11.2 Å². The van der Waals surface area contributed by atoms with Crippen molar-refractivity contribution in [3.63, 3.8) is 0 Å². The highest BCUT2D eigenvalue weighted by atomic mass is 16.6. The van der Waals surface area contributed by atoms with Gasteiger partial charge in [-0.05, 0) is 75.3 Å². The molecule has 31 heavy (non-hydrogen) atoms. The van der Waals surface area contributed by atoms with Crippen molar-refractivity contribution in [1.82, 2.24) is 9.97 Å². The summed E-state index contributed by atoms with van der Waals surface area (Å²) in [5.74, 6) is 0.964. The second kappa shape index (κ2) is 8.79. The van der Waals surface area contributed by atoms with E-state index in [9.17, 15) is 4.79 Å². The van der Waals surface area contributed by atoms with Crippen molar-refractivity contribution in [3.05, 3.63) is 28.8 Å². The molecule has 0 saturated heterocycles. The third kappa shape index (κ3) is 8.15. The topological polar surface area (TPSA) is 82.7 Å². The average Bonchev–Trinajstić information content (AvgIpc) is 2.54. The molecule has 2 aromatic rings. The minimum absolute atomic E-state index is 0.233. The highest BCUT2D eigenvalue weighted by Gasteiger charge is 2.29. The molecular formula is C24H38N2O5. The van der Waals surface area contributed by atoms with Crippen molar-refractivity contribution < 1.29 is 18.9 Å². The second-order valence-corrected chi connectivity index (χ2v) is 11.1. The van der Waals surface area contributed by atoms with Crippen molar-refractivity contribution >= 4 is 10.9 Å². The van der Waals surface area contributed by atoms with Crippen molar-refractivity contribution in [2.75, 3.05) is 13.2 Å². The van der Waals surface area contributed by atoms with Crippen molar-refractivity contribution in [1.29, 1.82) is 0 Å². The molecule has 0 aliphatic carbocycles. The second-order valence-electron chi connectivity index (χ2n) is 11.1. The first-order valence-corrected chi connectivity index (χ1v) is 10.6. The summed E-state index contributed by atoms with van der Waals surface area (Å²) in [6.45, 7) is 20.5. The van der Waals surface area contributed by atoms with Crippen LogP contribution in [0.1, 0.15) is 69.2 Å². The van der Waals surface area contributed by atoms with Crippen LogP contribution in [-0.4, -0.2) is 45.6 Å². The third-order valence-electron chi connectivity index (χ3n) is 4.02. The van der Waals surface area contributed by atoms with Gasteiger partial charge < -0.3 is 23.9 Å². The summed E-state index contributed by atoms with van der Waals surface area (Å²) in [6.07, 6.45) is 1.38. The molecule has 1 aromatic heterocycles. The smallest absolute Gasteiger partial charge is 0.258 e. The lowest BCUT2D eigenvalue weighted by Crippen LogP contribution is -2.40. The number of ether oxygens (including phenoxy) is 4. The van der Waals surface area contributed by atoms with Crippen LogP contribution in [0.5, 0.6) is 11.5 Å². The van der Waals surface area contributed by atoms with Gasteiger partial charge in [0.15, 0.2) is 11.5 Å². The summed E-state index contributed by atoms with van der Waals surface area (Å²) in [5, 5.41) is 0.435. The Balaban J connectivity index is 2.32. The van der Waals surface area contributed by atoms with Crippen LogP contribution in [-0.2, 0) is 9.47 Å². The first-order valence-electron chi connectivity index (χ1n) is 10.6. The zero-order valence-corrected chi connectivity index (χ0v) is 20.6. The Kier molecular flexibility index (Phi) is 7.13. The van der Waals surface area contributed by atoms with Gasteiger partial charge in [-0.2, -0.15) is 0 Å². The van der Waals surface area contributed by atoms with Crippen LogP contribution in [0.2, 0.25) is 0 Å². The number of rotatable bonds is 8. The molecule has 0 unspecified atom stereocenters. The first kappa shape index (κ1) is 25.1. The van der Waals surface area contributed by atoms with Gasteiger partial charge in [0, 0.05) is 6.07 Å². The summed E-state index contributed by atoms with van der Waals surface area (Å²) >= 11 is 0. The van der Waals surface area contributed by atoms with Gasteiger partial charge in [-0.1, -0.05) is 0 Å². The summed E-state index contributed by atoms with van der Waals surface area (Å²) in [4.78, 5) is 19.1. The number of aromatic nitrogens is 2. The SMILES string of the molecule is CC(C)(C)OC(C)(C)COc1cc2nc[nH]c(=O)c2cc1OCC(C)(C)OC(C)(C)C. The number of fused-ring (bicyclic) bond motifs is 1. The zero-order valence-electron chi connectivity index (χ0n) is 20.6. The van der Waals surface area contributed by atoms with Crippen LogP contribution in [0.4, 0.5) is 0 Å². The van der Waals surface area contributed by atoms with E-state index >= 15 is 0 Å². The number of nitrogens with zero attached hydrogens (tertiary/aromatic N) is 1. The van der Waals surface area contributed by atoms with Crippen LogP contribution < -0.4 is 15.0 Å². The fourth-order valence-electron chi connectivity index (χ4n) is 3.52. The van der Waals surface area contributed by atoms with E-state index in [4.69, 9.17) is 18.9 Å². The molecule has 0 fully saturated rings. The number of hydrogen-bond donors (Lipinski definition) is 1. The van der Waals surface area contributed by atoms with Crippen LogP contribution in [0.15, 0.2) is 23.3 Å². The van der Waals surface area contributed by atoms with Gasteiger partial charge in [0.1, 0.15) is 13.2 Å². The van der Waals surface area contributed by atoms with E-state index in [-0.39, 0.29) is 23.4 Å². The summed E-state index contributed by atoms with van der Waals surface area (Å²) < 4.78 is 24.4. The number of H-pyrrole nitrogens is 1. The van der Waals surface area contributed by atoms with Gasteiger partial charge in [0.2, 0.25) is 0 Å². The summed E-state index contributed by atoms with van der Waals surface area (Å²) in [5.41, 5.74) is -1.39. The monoisotopic (exact) mass is 434 g/mol. The van der Waals surface area contributed by atoms with Gasteiger partial charge in [-0.15, -0.1) is 0 Å². The maximum absolute atomic E-state index is 12.3. The Morgan fingerprint density at radius 1 is 0.774 bits per heavy atom. The molecule has 0 spiro atoms. The molecule has 7 heteroatoms. The molecule has 1 aromatic carbocycles. The van der Waals surface area contributed by atoms with Crippen LogP contribution in [0.3, 0.4) is 0 Å². The van der Waals surface area contributed by atoms with E-state index in [1.165, 1.54) is 6.33 Å². The number of aromatic amines is 1. The van der Waals surface area contributed by atoms with Crippen molar-refractivity contribution in [2.45, 2.75) is 91.6 Å². The summed E-state index contributed by atoms with van der Waals surface area (Å²) in [6, 6.07) is 3.39. The maximum Gasteiger partial charge on any atom is 0.258 e. The lowest BCUT2D eigenvalue weighted by atomic mass is 10.1. The van der Waals surface area contributed by atoms with E-state index in [1.54, 1.807) is 12.1 Å². The molecule has 0 bridgehead atoms. The molecule has 1 N–H and O–H groups in total. The molecule has 7 nitrogen and oxygen atoms in total. The molecule has 0 atom stereocenters. The number of benzene rings is 1. The molecular weight excluding hydrogens is 396 g/mol. The van der Waals surface area contributed by atoms with Crippen LogP contribution in [0, 0.1) is 0 Å². The molecule has 0 saturated carbocycles. The molecule has 0 aliphatic rings. The fourth-order valence-corrected chi connectivity index (χ4v) is 3.52. The average molecular weight is 435 g/mol. The quantitative estimate of drug-likeness (QED) is 0.638. The molecule has 0 aliphatic heterocycles. The highest BCUT2D eigenvalue weighted by molar-refractivity contribution is 5.81. The molecule has 2 rings (SSSR count). The molecule has 1 heterocycles. The Morgan fingerprint density at radius 2 is 1.23 bits per heavy atom.